The summed E-state index contributed by atoms with van der Waals surface area (Å²) in [5.74, 6) is 1.33. The molecule has 0 bridgehead atoms. The van der Waals surface area contributed by atoms with Crippen LogP contribution >= 0.6 is 11.3 Å². The Balaban J connectivity index is 2.30. The number of aromatic nitrogens is 2. The van der Waals surface area contributed by atoms with Crippen molar-refractivity contribution in [3.05, 3.63) is 34.5 Å². The van der Waals surface area contributed by atoms with Crippen molar-refractivity contribution in [3.63, 3.8) is 0 Å². The van der Waals surface area contributed by atoms with Gasteiger partial charge in [0.25, 0.3) is 0 Å². The summed E-state index contributed by atoms with van der Waals surface area (Å²) in [7, 11) is 3.21. The number of aldehydes is 1. The van der Waals surface area contributed by atoms with Crippen LogP contribution in [-0.2, 0) is 0 Å². The lowest BCUT2D eigenvalue weighted by Crippen LogP contribution is -1.96. The predicted molar refractivity (Wildman–Crippen MR) is 86.5 cm³/mol. The Labute approximate surface area is 132 Å². The Kier molecular flexibility index (Phi) is 3.62. The van der Waals surface area contributed by atoms with E-state index in [2.05, 4.69) is 4.98 Å². The van der Waals surface area contributed by atoms with E-state index in [0.717, 1.165) is 33.1 Å². The molecule has 0 unspecified atom stereocenters. The molecule has 5 nitrogen and oxygen atoms in total. The largest absolute Gasteiger partial charge is 0.493 e. The monoisotopic (exact) mass is 316 g/mol. The summed E-state index contributed by atoms with van der Waals surface area (Å²) < 4.78 is 12.6. The van der Waals surface area contributed by atoms with Crippen LogP contribution in [0.1, 0.15) is 21.1 Å². The number of benzene rings is 1. The van der Waals surface area contributed by atoms with Crippen molar-refractivity contribution in [2.75, 3.05) is 14.2 Å². The number of thiazole rings is 1. The maximum atomic E-state index is 11.4. The summed E-state index contributed by atoms with van der Waals surface area (Å²) >= 11 is 1.57. The van der Waals surface area contributed by atoms with Gasteiger partial charge in [-0.25, -0.2) is 4.98 Å². The first-order chi connectivity index (χ1) is 10.6. The molecule has 0 aliphatic rings. The third-order valence-electron chi connectivity index (χ3n) is 3.64. The number of fused-ring (bicyclic) bond motifs is 1. The van der Waals surface area contributed by atoms with E-state index in [1.165, 1.54) is 0 Å². The number of carbonyl (C=O) groups excluding carboxylic acids is 1. The Morgan fingerprint density at radius 1 is 1.18 bits per heavy atom. The van der Waals surface area contributed by atoms with Crippen molar-refractivity contribution in [1.82, 2.24) is 9.38 Å². The minimum absolute atomic E-state index is 0.587. The fraction of sp³-hybridized carbons (Fsp3) is 0.250. The van der Waals surface area contributed by atoms with Crippen molar-refractivity contribution in [2.24, 2.45) is 0 Å². The maximum Gasteiger partial charge on any atom is 0.195 e. The second kappa shape index (κ2) is 5.46. The highest BCUT2D eigenvalue weighted by molar-refractivity contribution is 7.17. The van der Waals surface area contributed by atoms with E-state index in [0.29, 0.717) is 17.2 Å². The molecular weight excluding hydrogens is 300 g/mol. The highest BCUT2D eigenvalue weighted by Crippen LogP contribution is 2.37. The van der Waals surface area contributed by atoms with Gasteiger partial charge in [-0.2, -0.15) is 0 Å². The van der Waals surface area contributed by atoms with Crippen LogP contribution in [0.15, 0.2) is 18.2 Å². The first kappa shape index (κ1) is 14.6. The normalized spacial score (nSPS) is 10.9. The van der Waals surface area contributed by atoms with Crippen LogP contribution in [0.4, 0.5) is 0 Å². The number of carbonyl (C=O) groups is 1. The summed E-state index contributed by atoms with van der Waals surface area (Å²) in [4.78, 5) is 17.8. The average molecular weight is 316 g/mol. The van der Waals surface area contributed by atoms with E-state index < -0.39 is 0 Å². The third kappa shape index (κ3) is 2.07. The summed E-state index contributed by atoms with van der Waals surface area (Å²) in [6.45, 7) is 3.87. The molecule has 3 aromatic rings. The average Bonchev–Trinajstić information content (AvgIpc) is 2.98. The zero-order chi connectivity index (χ0) is 15.9. The van der Waals surface area contributed by atoms with Crippen LogP contribution in [0.2, 0.25) is 0 Å². The van der Waals surface area contributed by atoms with Crippen LogP contribution in [-0.4, -0.2) is 29.9 Å². The zero-order valence-corrected chi connectivity index (χ0v) is 13.7. The van der Waals surface area contributed by atoms with Gasteiger partial charge in [0, 0.05) is 10.4 Å². The number of rotatable bonds is 4. The standard InChI is InChI=1S/C16H16N2O3S/c1-9-12(8-19)18-15(10(2)22-16(18)17-9)11-5-6-13(20-3)14(7-11)21-4/h5-8H,1-4H3. The predicted octanol–water partition coefficient (Wildman–Crippen LogP) is 3.51. The lowest BCUT2D eigenvalue weighted by atomic mass is 10.1. The molecule has 0 saturated heterocycles. The fourth-order valence-electron chi connectivity index (χ4n) is 2.60. The molecule has 0 atom stereocenters. The third-order valence-corrected chi connectivity index (χ3v) is 4.59. The quantitative estimate of drug-likeness (QED) is 0.691. The Morgan fingerprint density at radius 2 is 1.91 bits per heavy atom. The maximum absolute atomic E-state index is 11.4. The number of ether oxygens (including phenoxy) is 2. The number of hydrogen-bond acceptors (Lipinski definition) is 5. The van der Waals surface area contributed by atoms with Gasteiger partial charge in [-0.15, -0.1) is 11.3 Å². The van der Waals surface area contributed by atoms with E-state index in [9.17, 15) is 4.79 Å². The van der Waals surface area contributed by atoms with Gasteiger partial charge < -0.3 is 9.47 Å². The molecule has 22 heavy (non-hydrogen) atoms. The summed E-state index contributed by atoms with van der Waals surface area (Å²) in [6, 6.07) is 5.73. The molecule has 0 fully saturated rings. The molecule has 0 radical (unpaired) electrons. The van der Waals surface area contributed by atoms with Crippen LogP contribution in [0.3, 0.4) is 0 Å². The number of imidazole rings is 1. The smallest absolute Gasteiger partial charge is 0.195 e. The molecule has 1 aromatic carbocycles. The van der Waals surface area contributed by atoms with E-state index in [-0.39, 0.29) is 0 Å². The molecular formula is C16H16N2O3S. The molecule has 0 saturated carbocycles. The lowest BCUT2D eigenvalue weighted by molar-refractivity contribution is 0.111. The molecule has 0 aliphatic heterocycles. The number of aryl methyl sites for hydroxylation is 2. The van der Waals surface area contributed by atoms with Gasteiger partial charge in [-0.3, -0.25) is 9.20 Å². The van der Waals surface area contributed by atoms with Gasteiger partial charge in [-0.1, -0.05) is 0 Å². The van der Waals surface area contributed by atoms with Gasteiger partial charge in [0.1, 0.15) is 5.69 Å². The second-order valence-electron chi connectivity index (χ2n) is 4.89. The Morgan fingerprint density at radius 3 is 2.55 bits per heavy atom. The molecule has 0 N–H and O–H groups in total. The summed E-state index contributed by atoms with van der Waals surface area (Å²) in [5.41, 5.74) is 3.25. The van der Waals surface area contributed by atoms with E-state index in [1.54, 1.807) is 25.6 Å². The van der Waals surface area contributed by atoms with E-state index in [1.807, 2.05) is 36.4 Å². The summed E-state index contributed by atoms with van der Waals surface area (Å²) in [5, 5.41) is 0. The van der Waals surface area contributed by atoms with Gasteiger partial charge in [0.05, 0.1) is 25.6 Å². The van der Waals surface area contributed by atoms with Gasteiger partial charge in [-0.05, 0) is 32.0 Å². The molecule has 6 heteroatoms. The van der Waals surface area contributed by atoms with Crippen LogP contribution in [0.25, 0.3) is 16.2 Å². The Bertz CT molecular complexity index is 864. The van der Waals surface area contributed by atoms with Crippen molar-refractivity contribution >= 4 is 22.6 Å². The highest BCUT2D eigenvalue weighted by atomic mass is 32.1. The first-order valence-electron chi connectivity index (χ1n) is 6.76. The number of hydrogen-bond donors (Lipinski definition) is 0. The van der Waals surface area contributed by atoms with Gasteiger partial charge >= 0.3 is 0 Å². The molecule has 0 amide bonds. The molecule has 3 rings (SSSR count). The van der Waals surface area contributed by atoms with Crippen molar-refractivity contribution < 1.29 is 14.3 Å². The minimum atomic E-state index is 0.587. The number of methoxy groups -OCH3 is 2. The molecule has 114 valence electrons. The Hall–Kier alpha value is -2.34. The topological polar surface area (TPSA) is 52.8 Å². The zero-order valence-electron chi connectivity index (χ0n) is 12.8. The van der Waals surface area contributed by atoms with Crippen LogP contribution in [0, 0.1) is 13.8 Å². The SMILES string of the molecule is COc1ccc(-c2c(C)sc3nc(C)c(C=O)n23)cc1OC. The van der Waals surface area contributed by atoms with Crippen molar-refractivity contribution in [1.29, 1.82) is 0 Å². The second-order valence-corrected chi connectivity index (χ2v) is 6.08. The highest BCUT2D eigenvalue weighted by Gasteiger charge is 2.19. The molecule has 2 aromatic heterocycles. The van der Waals surface area contributed by atoms with Crippen LogP contribution in [0.5, 0.6) is 11.5 Å². The van der Waals surface area contributed by atoms with Crippen molar-refractivity contribution in [2.45, 2.75) is 13.8 Å². The van der Waals surface area contributed by atoms with Crippen LogP contribution < -0.4 is 9.47 Å². The van der Waals surface area contributed by atoms with Crippen molar-refractivity contribution in [3.8, 4) is 22.8 Å². The lowest BCUT2D eigenvalue weighted by Gasteiger charge is -2.10. The first-order valence-corrected chi connectivity index (χ1v) is 7.58. The molecule has 0 aliphatic carbocycles. The molecule has 0 spiro atoms. The minimum Gasteiger partial charge on any atom is -0.493 e. The van der Waals surface area contributed by atoms with Gasteiger partial charge in [0.15, 0.2) is 22.7 Å². The van der Waals surface area contributed by atoms with Gasteiger partial charge in [0.2, 0.25) is 0 Å². The van der Waals surface area contributed by atoms with E-state index >= 15 is 0 Å². The fourth-order valence-corrected chi connectivity index (χ4v) is 3.64. The molecule has 2 heterocycles. The summed E-state index contributed by atoms with van der Waals surface area (Å²) in [6.07, 6.45) is 0.853. The van der Waals surface area contributed by atoms with E-state index in [4.69, 9.17) is 9.47 Å². The number of nitrogens with zero attached hydrogens (tertiary/aromatic N) is 2.